The first kappa shape index (κ1) is 48.5. The number of nitrogens with two attached hydrogens (primary N) is 3. The normalized spacial score (nSPS) is 10.0. The van der Waals surface area contributed by atoms with Crippen LogP contribution in [0.3, 0.4) is 0 Å². The molecule has 0 spiro atoms. The van der Waals surface area contributed by atoms with Crippen LogP contribution in [0.25, 0.3) is 0 Å². The van der Waals surface area contributed by atoms with Crippen molar-refractivity contribution in [3.63, 3.8) is 0 Å². The van der Waals surface area contributed by atoms with Gasteiger partial charge in [0, 0.05) is 38.7 Å². The van der Waals surface area contributed by atoms with Crippen molar-refractivity contribution in [3.05, 3.63) is 182 Å². The third-order valence-electron chi connectivity index (χ3n) is 8.15. The first-order valence-corrected chi connectivity index (χ1v) is 22.6. The number of carbonyl (C=O) groups excluding carboxylic acids is 4. The Morgan fingerprint density at radius 2 is 0.474 bits per heavy atom. The molecule has 0 atom stereocenters. The van der Waals surface area contributed by atoms with Gasteiger partial charge in [0.05, 0.1) is 0 Å². The number of carbonyl (C=O) groups is 3. The number of benzene rings is 6. The number of rotatable bonds is 15. The SMILES string of the molecule is NC(=O)CCP(c1ccccc1)c1ccccc1.NC(=O)CCP(c1ccccc1)c1ccccc1.NC(=O)CCP(c1ccccc1)c1ccccc1.[C]=O.[Rh]. The van der Waals surface area contributed by atoms with Gasteiger partial charge in [-0.3, -0.25) is 19.2 Å². The van der Waals surface area contributed by atoms with Gasteiger partial charge >= 0.3 is 0 Å². The molecule has 0 aliphatic carbocycles. The standard InChI is InChI=1S/3C15H16NOP.CO.Rh/c3*16-15(17)11-12-18(13-7-3-1-4-8-13)14-9-5-2-6-10-14;1-2;/h3*1-10H,11-12H2,(H2,16,17);;. The fraction of sp³-hybridized carbons (Fsp3) is 0.130. The predicted octanol–water partition coefficient (Wildman–Crippen LogP) is 5.58. The van der Waals surface area contributed by atoms with Crippen molar-refractivity contribution >= 4 is 80.1 Å². The van der Waals surface area contributed by atoms with Gasteiger partial charge in [-0.2, -0.15) is 0 Å². The van der Waals surface area contributed by atoms with E-state index in [1.807, 2.05) is 109 Å². The Morgan fingerprint density at radius 3 is 0.596 bits per heavy atom. The summed E-state index contributed by atoms with van der Waals surface area (Å²) in [4.78, 5) is 40.5. The van der Waals surface area contributed by atoms with Crippen LogP contribution in [-0.4, -0.2) is 43.0 Å². The van der Waals surface area contributed by atoms with Gasteiger partial charge in [0.1, 0.15) is 0 Å². The second-order valence-corrected chi connectivity index (χ2v) is 19.1. The summed E-state index contributed by atoms with van der Waals surface area (Å²) in [7, 11) is -1.45. The summed E-state index contributed by atoms with van der Waals surface area (Å²) < 4.78 is 0. The van der Waals surface area contributed by atoms with E-state index in [2.05, 4.69) is 79.6 Å². The second kappa shape index (κ2) is 28.7. The molecule has 0 unspecified atom stereocenters. The smallest absolute Gasteiger partial charge is 0.281 e. The van der Waals surface area contributed by atoms with Crippen LogP contribution in [0.4, 0.5) is 0 Å². The Bertz CT molecular complexity index is 1640. The molecule has 0 fully saturated rings. The fourth-order valence-corrected chi connectivity index (χ4v) is 12.5. The summed E-state index contributed by atoms with van der Waals surface area (Å²) in [6.45, 7) is 4.50. The minimum Gasteiger partial charge on any atom is -0.370 e. The molecule has 6 aromatic rings. The van der Waals surface area contributed by atoms with E-state index in [9.17, 15) is 14.4 Å². The molecule has 6 rings (SSSR count). The van der Waals surface area contributed by atoms with Crippen LogP contribution in [0.15, 0.2) is 182 Å². The Morgan fingerprint density at radius 1 is 0.333 bits per heavy atom. The Hall–Kier alpha value is -4.69. The minimum atomic E-state index is -0.484. The van der Waals surface area contributed by atoms with Crippen LogP contribution >= 0.6 is 23.8 Å². The van der Waals surface area contributed by atoms with Crippen molar-refractivity contribution in [2.75, 3.05) is 18.5 Å². The van der Waals surface area contributed by atoms with Gasteiger partial charge in [0.15, 0.2) is 0 Å². The second-order valence-electron chi connectivity index (χ2n) is 12.1. The van der Waals surface area contributed by atoms with Crippen LogP contribution in [0.5, 0.6) is 0 Å². The van der Waals surface area contributed by atoms with E-state index in [0.29, 0.717) is 19.3 Å². The molecule has 0 saturated carbocycles. The van der Waals surface area contributed by atoms with Crippen LogP contribution in [0.2, 0.25) is 0 Å². The van der Waals surface area contributed by atoms with Gasteiger partial charge in [0.25, 0.3) is 6.79 Å². The van der Waals surface area contributed by atoms with Gasteiger partial charge in [-0.1, -0.05) is 182 Å². The Balaban J connectivity index is 0.000000286. The molecule has 11 heteroatoms. The summed E-state index contributed by atoms with van der Waals surface area (Å²) in [6.07, 6.45) is 3.77. The number of amides is 3. The van der Waals surface area contributed by atoms with Crippen molar-refractivity contribution in [2.24, 2.45) is 17.2 Å². The number of primary amides is 3. The monoisotopic (exact) mass is 902 g/mol. The summed E-state index contributed by atoms with van der Waals surface area (Å²) in [6, 6.07) is 62.0. The van der Waals surface area contributed by atoms with E-state index >= 15 is 0 Å². The molecule has 0 aliphatic rings. The Kier molecular flexibility index (Phi) is 24.4. The van der Waals surface area contributed by atoms with E-state index in [0.717, 1.165) is 18.5 Å². The molecule has 57 heavy (non-hydrogen) atoms. The molecule has 0 bridgehead atoms. The van der Waals surface area contributed by atoms with E-state index in [1.165, 1.54) is 31.8 Å². The zero-order valence-corrected chi connectivity index (χ0v) is 35.9. The molecule has 3 amide bonds. The summed E-state index contributed by atoms with van der Waals surface area (Å²) in [5.74, 6) is -0.682. The maximum atomic E-state index is 11.0. The van der Waals surface area contributed by atoms with Crippen molar-refractivity contribution in [2.45, 2.75) is 19.3 Å². The molecule has 0 aromatic heterocycles. The summed E-state index contributed by atoms with van der Waals surface area (Å²) >= 11 is 0. The van der Waals surface area contributed by atoms with Crippen LogP contribution < -0.4 is 49.0 Å². The predicted molar refractivity (Wildman–Crippen MR) is 239 cm³/mol. The summed E-state index contributed by atoms with van der Waals surface area (Å²) in [5.41, 5.74) is 15.8. The molecule has 0 saturated heterocycles. The average molecular weight is 903 g/mol. The largest absolute Gasteiger partial charge is 0.370 e. The maximum Gasteiger partial charge on any atom is 0.281 e. The molecule has 0 aliphatic heterocycles. The van der Waals surface area contributed by atoms with Gasteiger partial charge in [-0.25, -0.2) is 0 Å². The zero-order valence-electron chi connectivity index (χ0n) is 31.6. The molecular weight excluding hydrogens is 854 g/mol. The van der Waals surface area contributed by atoms with E-state index < -0.39 is 23.8 Å². The van der Waals surface area contributed by atoms with Gasteiger partial charge in [-0.15, -0.1) is 0 Å². The molecule has 295 valence electrons. The van der Waals surface area contributed by atoms with Crippen molar-refractivity contribution in [3.8, 4) is 0 Å². The van der Waals surface area contributed by atoms with Gasteiger partial charge < -0.3 is 17.2 Å². The number of hydrogen-bond donors (Lipinski definition) is 3. The fourth-order valence-electron chi connectivity index (χ4n) is 5.54. The molecule has 3 radical (unpaired) electrons. The van der Waals surface area contributed by atoms with Crippen LogP contribution in [0, 0.1) is 0 Å². The molecule has 6 N–H and O–H groups in total. The van der Waals surface area contributed by atoms with Crippen LogP contribution in [0.1, 0.15) is 19.3 Å². The van der Waals surface area contributed by atoms with E-state index in [-0.39, 0.29) is 37.2 Å². The van der Waals surface area contributed by atoms with Gasteiger partial charge in [0.2, 0.25) is 17.7 Å². The third-order valence-corrected chi connectivity index (χ3v) is 15.7. The molecule has 7 nitrogen and oxygen atoms in total. The third kappa shape index (κ3) is 18.4. The average Bonchev–Trinajstić information content (AvgIpc) is 3.24. The van der Waals surface area contributed by atoms with Crippen LogP contribution in [-0.2, 0) is 38.7 Å². The van der Waals surface area contributed by atoms with Crippen molar-refractivity contribution in [1.82, 2.24) is 0 Å². The van der Waals surface area contributed by atoms with Gasteiger partial charge in [-0.05, 0) is 74.1 Å². The number of hydrogen-bond acceptors (Lipinski definition) is 4. The first-order chi connectivity index (χ1) is 27.3. The molecular formula is C46H48N3O4P3Rh. The maximum absolute atomic E-state index is 11.0. The topological polar surface area (TPSA) is 146 Å². The van der Waals surface area contributed by atoms with E-state index in [1.54, 1.807) is 0 Å². The molecule has 6 aromatic carbocycles. The Labute approximate surface area is 353 Å². The molecule has 0 heterocycles. The first-order valence-electron chi connectivity index (χ1n) is 18.0. The van der Waals surface area contributed by atoms with E-state index in [4.69, 9.17) is 22.0 Å². The summed E-state index contributed by atoms with van der Waals surface area (Å²) in [5, 5.41) is 7.75. The van der Waals surface area contributed by atoms with Crippen molar-refractivity contribution in [1.29, 1.82) is 0 Å². The quantitative estimate of drug-likeness (QED) is 0.0913. The zero-order chi connectivity index (χ0) is 40.4. The minimum absolute atomic E-state index is 0. The van der Waals surface area contributed by atoms with Crippen molar-refractivity contribution < 1.29 is 38.7 Å².